The molecule has 144 valence electrons. The van der Waals surface area contributed by atoms with E-state index in [4.69, 9.17) is 14.2 Å². The SMILES string of the molecule is COC(=O)c1ccccc1Nc1nncc(Nc2ccc(OC)c(OC)c2)n1. The van der Waals surface area contributed by atoms with Crippen LogP contribution in [0.4, 0.5) is 23.1 Å². The lowest BCUT2D eigenvalue weighted by Gasteiger charge is -2.12. The molecule has 0 saturated carbocycles. The van der Waals surface area contributed by atoms with Crippen molar-refractivity contribution in [3.05, 3.63) is 54.2 Å². The van der Waals surface area contributed by atoms with Crippen LogP contribution in [-0.2, 0) is 4.74 Å². The quantitative estimate of drug-likeness (QED) is 0.597. The molecule has 0 spiro atoms. The van der Waals surface area contributed by atoms with Crippen molar-refractivity contribution in [1.82, 2.24) is 15.2 Å². The highest BCUT2D eigenvalue weighted by Crippen LogP contribution is 2.30. The number of esters is 1. The van der Waals surface area contributed by atoms with Gasteiger partial charge in [-0.05, 0) is 24.3 Å². The summed E-state index contributed by atoms with van der Waals surface area (Å²) in [6.45, 7) is 0. The van der Waals surface area contributed by atoms with Gasteiger partial charge in [0, 0.05) is 11.8 Å². The Morgan fingerprint density at radius 1 is 0.964 bits per heavy atom. The topological polar surface area (TPSA) is 107 Å². The molecule has 1 aromatic heterocycles. The summed E-state index contributed by atoms with van der Waals surface area (Å²) in [6, 6.07) is 12.3. The average Bonchev–Trinajstić information content (AvgIpc) is 2.73. The molecular formula is C19H19N5O4. The Kier molecular flexibility index (Phi) is 5.85. The van der Waals surface area contributed by atoms with Crippen LogP contribution in [0.2, 0.25) is 0 Å². The van der Waals surface area contributed by atoms with Gasteiger partial charge in [0.05, 0.1) is 38.8 Å². The maximum Gasteiger partial charge on any atom is 0.339 e. The zero-order valence-corrected chi connectivity index (χ0v) is 15.6. The summed E-state index contributed by atoms with van der Waals surface area (Å²) in [5, 5.41) is 14.0. The van der Waals surface area contributed by atoms with Crippen LogP contribution >= 0.6 is 0 Å². The predicted molar refractivity (Wildman–Crippen MR) is 104 cm³/mol. The molecule has 0 unspecified atom stereocenters. The molecular weight excluding hydrogens is 362 g/mol. The van der Waals surface area contributed by atoms with Crippen molar-refractivity contribution in [2.24, 2.45) is 0 Å². The summed E-state index contributed by atoms with van der Waals surface area (Å²) in [4.78, 5) is 16.3. The van der Waals surface area contributed by atoms with Crippen molar-refractivity contribution in [2.45, 2.75) is 0 Å². The molecule has 0 fully saturated rings. The van der Waals surface area contributed by atoms with E-state index in [1.54, 1.807) is 50.6 Å². The number of nitrogens with one attached hydrogen (secondary N) is 2. The lowest BCUT2D eigenvalue weighted by Crippen LogP contribution is -2.08. The molecule has 9 heteroatoms. The van der Waals surface area contributed by atoms with E-state index in [0.717, 1.165) is 5.69 Å². The molecule has 0 aliphatic carbocycles. The molecule has 2 N–H and O–H groups in total. The number of nitrogens with zero attached hydrogens (tertiary/aromatic N) is 3. The van der Waals surface area contributed by atoms with Gasteiger partial charge >= 0.3 is 5.97 Å². The third-order valence-corrected chi connectivity index (χ3v) is 3.79. The molecule has 0 bridgehead atoms. The number of carbonyl (C=O) groups excluding carboxylic acids is 1. The second-order valence-electron chi connectivity index (χ2n) is 5.52. The van der Waals surface area contributed by atoms with E-state index >= 15 is 0 Å². The largest absolute Gasteiger partial charge is 0.493 e. The number of carbonyl (C=O) groups is 1. The Morgan fingerprint density at radius 3 is 2.50 bits per heavy atom. The summed E-state index contributed by atoms with van der Waals surface area (Å²) in [5.74, 6) is 1.42. The third-order valence-electron chi connectivity index (χ3n) is 3.79. The fourth-order valence-corrected chi connectivity index (χ4v) is 2.48. The first-order chi connectivity index (χ1) is 13.6. The molecule has 1 heterocycles. The molecule has 0 radical (unpaired) electrons. The van der Waals surface area contributed by atoms with E-state index in [1.807, 2.05) is 6.07 Å². The highest BCUT2D eigenvalue weighted by Gasteiger charge is 2.12. The Labute approximate surface area is 161 Å². The van der Waals surface area contributed by atoms with Gasteiger partial charge in [0.15, 0.2) is 17.3 Å². The number of para-hydroxylation sites is 1. The van der Waals surface area contributed by atoms with E-state index in [2.05, 4.69) is 25.8 Å². The van der Waals surface area contributed by atoms with Crippen LogP contribution in [0.5, 0.6) is 11.5 Å². The molecule has 0 atom stereocenters. The van der Waals surface area contributed by atoms with Gasteiger partial charge in [-0.1, -0.05) is 12.1 Å². The summed E-state index contributed by atoms with van der Waals surface area (Å²) >= 11 is 0. The zero-order chi connectivity index (χ0) is 19.9. The number of benzene rings is 2. The van der Waals surface area contributed by atoms with Crippen LogP contribution in [0.1, 0.15) is 10.4 Å². The van der Waals surface area contributed by atoms with E-state index in [1.165, 1.54) is 13.3 Å². The van der Waals surface area contributed by atoms with Crippen LogP contribution < -0.4 is 20.1 Å². The predicted octanol–water partition coefficient (Wildman–Crippen LogP) is 3.16. The highest BCUT2D eigenvalue weighted by molar-refractivity contribution is 5.96. The molecule has 3 aromatic rings. The monoisotopic (exact) mass is 381 g/mol. The first kappa shape index (κ1) is 18.9. The molecule has 0 saturated heterocycles. The van der Waals surface area contributed by atoms with Crippen LogP contribution in [0.3, 0.4) is 0 Å². The molecule has 0 aliphatic heterocycles. The molecule has 3 rings (SSSR count). The number of anilines is 4. The van der Waals surface area contributed by atoms with Crippen LogP contribution in [0, 0.1) is 0 Å². The van der Waals surface area contributed by atoms with E-state index in [-0.39, 0.29) is 5.95 Å². The van der Waals surface area contributed by atoms with Gasteiger partial charge in [-0.15, -0.1) is 5.10 Å². The third kappa shape index (κ3) is 4.26. The molecule has 0 amide bonds. The Bertz CT molecular complexity index is 980. The van der Waals surface area contributed by atoms with Crippen molar-refractivity contribution in [1.29, 1.82) is 0 Å². The molecule has 0 aliphatic rings. The van der Waals surface area contributed by atoms with Gasteiger partial charge in [0.25, 0.3) is 0 Å². The van der Waals surface area contributed by atoms with E-state index < -0.39 is 5.97 Å². The number of hydrogen-bond donors (Lipinski definition) is 2. The van der Waals surface area contributed by atoms with Crippen molar-refractivity contribution >= 4 is 29.1 Å². The molecule has 2 aromatic carbocycles. The molecule has 9 nitrogen and oxygen atoms in total. The van der Waals surface area contributed by atoms with Crippen molar-refractivity contribution in [2.75, 3.05) is 32.0 Å². The number of rotatable bonds is 7. The van der Waals surface area contributed by atoms with Crippen LogP contribution in [-0.4, -0.2) is 42.5 Å². The van der Waals surface area contributed by atoms with E-state index in [0.29, 0.717) is 28.6 Å². The number of hydrogen-bond acceptors (Lipinski definition) is 9. The first-order valence-corrected chi connectivity index (χ1v) is 8.27. The van der Waals surface area contributed by atoms with Crippen molar-refractivity contribution in [3.63, 3.8) is 0 Å². The lowest BCUT2D eigenvalue weighted by atomic mass is 10.2. The van der Waals surface area contributed by atoms with Crippen molar-refractivity contribution in [3.8, 4) is 11.5 Å². The van der Waals surface area contributed by atoms with Crippen molar-refractivity contribution < 1.29 is 19.0 Å². The summed E-state index contributed by atoms with van der Waals surface area (Å²) < 4.78 is 15.3. The van der Waals surface area contributed by atoms with Gasteiger partial charge in [-0.3, -0.25) is 0 Å². The smallest absolute Gasteiger partial charge is 0.339 e. The number of methoxy groups -OCH3 is 3. The number of ether oxygens (including phenoxy) is 3. The maximum absolute atomic E-state index is 11.9. The van der Waals surface area contributed by atoms with Crippen LogP contribution in [0.15, 0.2) is 48.7 Å². The summed E-state index contributed by atoms with van der Waals surface area (Å²) in [5.41, 5.74) is 1.62. The minimum Gasteiger partial charge on any atom is -0.493 e. The van der Waals surface area contributed by atoms with Gasteiger partial charge in [-0.2, -0.15) is 10.1 Å². The fourth-order valence-electron chi connectivity index (χ4n) is 2.48. The summed E-state index contributed by atoms with van der Waals surface area (Å²) in [6.07, 6.45) is 1.48. The Hall–Kier alpha value is -3.88. The zero-order valence-electron chi connectivity index (χ0n) is 15.6. The lowest BCUT2D eigenvalue weighted by molar-refractivity contribution is 0.0602. The first-order valence-electron chi connectivity index (χ1n) is 8.27. The van der Waals surface area contributed by atoms with Gasteiger partial charge in [-0.25, -0.2) is 4.79 Å². The normalized spacial score (nSPS) is 10.1. The number of aromatic nitrogens is 3. The fraction of sp³-hybridized carbons (Fsp3) is 0.158. The highest BCUT2D eigenvalue weighted by atomic mass is 16.5. The second kappa shape index (κ2) is 8.67. The average molecular weight is 381 g/mol. The Morgan fingerprint density at radius 2 is 1.75 bits per heavy atom. The maximum atomic E-state index is 11.9. The van der Waals surface area contributed by atoms with Gasteiger partial charge in [0.1, 0.15) is 0 Å². The molecule has 28 heavy (non-hydrogen) atoms. The van der Waals surface area contributed by atoms with Gasteiger partial charge in [0.2, 0.25) is 5.95 Å². The summed E-state index contributed by atoms with van der Waals surface area (Å²) in [7, 11) is 4.46. The standard InChI is InChI=1S/C19H19N5O4/c1-26-15-9-8-12(10-16(15)27-2)21-17-11-20-24-19(23-17)22-14-7-5-4-6-13(14)18(25)28-3/h4-11H,1-3H3,(H2,21,22,23,24). The minimum absolute atomic E-state index is 0.224. The van der Waals surface area contributed by atoms with E-state index in [9.17, 15) is 4.79 Å². The minimum atomic E-state index is -0.462. The second-order valence-corrected chi connectivity index (χ2v) is 5.52. The Balaban J connectivity index is 1.81. The van der Waals surface area contributed by atoms with Crippen LogP contribution in [0.25, 0.3) is 0 Å². The van der Waals surface area contributed by atoms with Gasteiger partial charge < -0.3 is 24.8 Å².